The summed E-state index contributed by atoms with van der Waals surface area (Å²) in [6.45, 7) is 5.88. The Hall–Kier alpha value is -3.29. The molecule has 8 nitrogen and oxygen atoms in total. The number of carbonyl (C=O) groups is 3. The molecule has 0 saturated heterocycles. The minimum Gasteiger partial charge on any atom is -0.486 e. The van der Waals surface area contributed by atoms with E-state index in [2.05, 4.69) is 10.3 Å². The van der Waals surface area contributed by atoms with Crippen LogP contribution in [0.25, 0.3) is 0 Å². The molecule has 0 bridgehead atoms. The standard InChI is InChI=1S/C21H24N2O6/c1-12-19(14(3)24)13(2)23-20(12)21(26)29-11-18(25)22-7-6-15-4-5-16-17(10-15)28-9-8-27-16/h4-5,10,23H,6-9,11H2,1-3H3,(H,22,25). The Morgan fingerprint density at radius 2 is 1.86 bits per heavy atom. The highest BCUT2D eigenvalue weighted by molar-refractivity contribution is 6.01. The minimum atomic E-state index is -0.667. The molecule has 0 saturated carbocycles. The lowest BCUT2D eigenvalue weighted by Gasteiger charge is -2.18. The topological polar surface area (TPSA) is 107 Å². The molecule has 29 heavy (non-hydrogen) atoms. The highest BCUT2D eigenvalue weighted by Gasteiger charge is 2.21. The molecule has 1 aliphatic heterocycles. The van der Waals surface area contributed by atoms with Crippen molar-refractivity contribution in [3.8, 4) is 11.5 Å². The molecular formula is C21H24N2O6. The van der Waals surface area contributed by atoms with Gasteiger partial charge in [0, 0.05) is 17.8 Å². The van der Waals surface area contributed by atoms with Crippen molar-refractivity contribution in [3.63, 3.8) is 0 Å². The van der Waals surface area contributed by atoms with Gasteiger partial charge < -0.3 is 24.5 Å². The largest absolute Gasteiger partial charge is 0.486 e. The number of hydrogen-bond donors (Lipinski definition) is 2. The van der Waals surface area contributed by atoms with E-state index < -0.39 is 18.5 Å². The van der Waals surface area contributed by atoms with E-state index >= 15 is 0 Å². The average Bonchev–Trinajstić information content (AvgIpc) is 3.00. The zero-order chi connectivity index (χ0) is 21.0. The molecule has 0 unspecified atom stereocenters. The highest BCUT2D eigenvalue weighted by Crippen LogP contribution is 2.30. The van der Waals surface area contributed by atoms with Gasteiger partial charge in [-0.1, -0.05) is 6.07 Å². The summed E-state index contributed by atoms with van der Waals surface area (Å²) in [6, 6.07) is 5.66. The Morgan fingerprint density at radius 1 is 1.14 bits per heavy atom. The lowest BCUT2D eigenvalue weighted by atomic mass is 10.1. The second-order valence-electron chi connectivity index (χ2n) is 6.84. The second-order valence-corrected chi connectivity index (χ2v) is 6.84. The quantitative estimate of drug-likeness (QED) is 0.545. The van der Waals surface area contributed by atoms with Gasteiger partial charge in [-0.05, 0) is 50.5 Å². The molecule has 2 N–H and O–H groups in total. The van der Waals surface area contributed by atoms with Gasteiger partial charge in [-0.2, -0.15) is 0 Å². The van der Waals surface area contributed by atoms with Crippen LogP contribution in [0.4, 0.5) is 0 Å². The number of aromatic nitrogens is 1. The summed E-state index contributed by atoms with van der Waals surface area (Å²) in [6.07, 6.45) is 0.604. The van der Waals surface area contributed by atoms with Crippen LogP contribution in [-0.4, -0.2) is 49.0 Å². The third-order valence-electron chi connectivity index (χ3n) is 4.67. The number of aryl methyl sites for hydroxylation is 1. The number of hydrogen-bond acceptors (Lipinski definition) is 6. The number of fused-ring (bicyclic) bond motifs is 1. The van der Waals surface area contributed by atoms with Gasteiger partial charge in [0.25, 0.3) is 5.91 Å². The van der Waals surface area contributed by atoms with Crippen LogP contribution in [0, 0.1) is 13.8 Å². The number of rotatable bonds is 7. The first-order chi connectivity index (χ1) is 13.9. The van der Waals surface area contributed by atoms with Gasteiger partial charge in [-0.25, -0.2) is 4.79 Å². The van der Waals surface area contributed by atoms with E-state index in [9.17, 15) is 14.4 Å². The van der Waals surface area contributed by atoms with Gasteiger partial charge in [-0.3, -0.25) is 9.59 Å². The normalized spacial score (nSPS) is 12.4. The zero-order valence-electron chi connectivity index (χ0n) is 16.7. The van der Waals surface area contributed by atoms with Crippen LogP contribution in [0.15, 0.2) is 18.2 Å². The second kappa shape index (κ2) is 8.81. The summed E-state index contributed by atoms with van der Waals surface area (Å²) < 4.78 is 16.1. The van der Waals surface area contributed by atoms with E-state index in [1.54, 1.807) is 13.8 Å². The Morgan fingerprint density at radius 3 is 2.55 bits per heavy atom. The fourth-order valence-corrected chi connectivity index (χ4v) is 3.33. The number of nitrogens with one attached hydrogen (secondary N) is 2. The Balaban J connectivity index is 1.46. The number of esters is 1. The van der Waals surface area contributed by atoms with Gasteiger partial charge >= 0.3 is 5.97 Å². The summed E-state index contributed by atoms with van der Waals surface area (Å²) in [7, 11) is 0. The van der Waals surface area contributed by atoms with Gasteiger partial charge in [0.05, 0.1) is 0 Å². The number of H-pyrrole nitrogens is 1. The number of Topliss-reactive ketones (excluding diaryl/α,β-unsaturated/α-hetero) is 1. The maximum absolute atomic E-state index is 12.2. The third-order valence-corrected chi connectivity index (χ3v) is 4.67. The molecule has 0 fully saturated rings. The van der Waals surface area contributed by atoms with E-state index in [-0.39, 0.29) is 11.5 Å². The third kappa shape index (κ3) is 4.77. The van der Waals surface area contributed by atoms with E-state index in [4.69, 9.17) is 14.2 Å². The predicted octanol–water partition coefficient (Wildman–Crippen LogP) is 2.12. The average molecular weight is 400 g/mol. The SMILES string of the molecule is CC(=O)c1c(C)[nH]c(C(=O)OCC(=O)NCCc2ccc3c(c2)OCCO3)c1C. The van der Waals surface area contributed by atoms with E-state index in [0.717, 1.165) is 11.3 Å². The van der Waals surface area contributed by atoms with Crippen molar-refractivity contribution in [3.05, 3.63) is 46.3 Å². The lowest BCUT2D eigenvalue weighted by Crippen LogP contribution is -2.30. The zero-order valence-corrected chi connectivity index (χ0v) is 16.7. The number of ketones is 1. The fourth-order valence-electron chi connectivity index (χ4n) is 3.33. The molecule has 2 aromatic rings. The van der Waals surface area contributed by atoms with Crippen LogP contribution < -0.4 is 14.8 Å². The molecular weight excluding hydrogens is 376 g/mol. The van der Waals surface area contributed by atoms with Crippen LogP contribution in [0.5, 0.6) is 11.5 Å². The molecule has 1 aromatic heterocycles. The molecule has 0 spiro atoms. The number of amides is 1. The molecule has 1 aromatic carbocycles. The molecule has 0 radical (unpaired) electrons. The summed E-state index contributed by atoms with van der Waals surface area (Å²) in [5.41, 5.74) is 2.79. The van der Waals surface area contributed by atoms with Gasteiger partial charge in [-0.15, -0.1) is 0 Å². The number of carbonyl (C=O) groups excluding carboxylic acids is 3. The summed E-state index contributed by atoms with van der Waals surface area (Å²) in [4.78, 5) is 38.7. The summed E-state index contributed by atoms with van der Waals surface area (Å²) in [5, 5.41) is 2.71. The molecule has 1 aliphatic rings. The Kier molecular flexibility index (Phi) is 6.21. The van der Waals surface area contributed by atoms with Crippen molar-refractivity contribution in [1.82, 2.24) is 10.3 Å². The van der Waals surface area contributed by atoms with Crippen LogP contribution in [-0.2, 0) is 16.0 Å². The van der Waals surface area contributed by atoms with Crippen molar-refractivity contribution in [1.29, 1.82) is 0 Å². The first-order valence-electron chi connectivity index (χ1n) is 9.39. The minimum absolute atomic E-state index is 0.132. The van der Waals surface area contributed by atoms with Crippen molar-refractivity contribution in [2.45, 2.75) is 27.2 Å². The number of ether oxygens (including phenoxy) is 3. The first kappa shape index (κ1) is 20.4. The van der Waals surface area contributed by atoms with Crippen molar-refractivity contribution < 1.29 is 28.6 Å². The monoisotopic (exact) mass is 400 g/mol. The molecule has 0 aliphatic carbocycles. The first-order valence-corrected chi connectivity index (χ1v) is 9.39. The van der Waals surface area contributed by atoms with E-state index in [0.29, 0.717) is 48.7 Å². The lowest BCUT2D eigenvalue weighted by molar-refractivity contribution is -0.124. The van der Waals surface area contributed by atoms with Crippen molar-refractivity contribution in [2.24, 2.45) is 0 Å². The van der Waals surface area contributed by atoms with Gasteiger partial charge in [0.15, 0.2) is 23.9 Å². The molecule has 3 rings (SSSR count). The maximum Gasteiger partial charge on any atom is 0.355 e. The van der Waals surface area contributed by atoms with E-state index in [1.807, 2.05) is 18.2 Å². The van der Waals surface area contributed by atoms with Gasteiger partial charge in [0.1, 0.15) is 18.9 Å². The smallest absolute Gasteiger partial charge is 0.355 e. The van der Waals surface area contributed by atoms with Crippen LogP contribution in [0.1, 0.15) is 44.6 Å². The Bertz CT molecular complexity index is 947. The van der Waals surface area contributed by atoms with Crippen LogP contribution >= 0.6 is 0 Å². The molecule has 8 heteroatoms. The molecule has 2 heterocycles. The fraction of sp³-hybridized carbons (Fsp3) is 0.381. The Labute approximate surface area is 168 Å². The molecule has 154 valence electrons. The molecule has 0 atom stereocenters. The number of benzene rings is 1. The van der Waals surface area contributed by atoms with Crippen LogP contribution in [0.3, 0.4) is 0 Å². The van der Waals surface area contributed by atoms with Gasteiger partial charge in [0.2, 0.25) is 0 Å². The summed E-state index contributed by atoms with van der Waals surface area (Å²) in [5.74, 6) is 0.227. The van der Waals surface area contributed by atoms with E-state index in [1.165, 1.54) is 6.92 Å². The highest BCUT2D eigenvalue weighted by atomic mass is 16.6. The molecule has 1 amide bonds. The van der Waals surface area contributed by atoms with Crippen molar-refractivity contribution >= 4 is 17.7 Å². The summed E-state index contributed by atoms with van der Waals surface area (Å²) >= 11 is 0. The van der Waals surface area contributed by atoms with Crippen molar-refractivity contribution in [2.75, 3.05) is 26.4 Å². The maximum atomic E-state index is 12.2. The van der Waals surface area contributed by atoms with Crippen LogP contribution in [0.2, 0.25) is 0 Å². The predicted molar refractivity (Wildman–Crippen MR) is 105 cm³/mol. The number of aromatic amines is 1.